The van der Waals surface area contributed by atoms with E-state index in [0.29, 0.717) is 6.04 Å². The molecule has 1 N–H and O–H groups in total. The zero-order valence-corrected chi connectivity index (χ0v) is 11.6. The quantitative estimate of drug-likeness (QED) is 0.766. The zero-order chi connectivity index (χ0) is 13.8. The molecule has 0 fully saturated rings. The van der Waals surface area contributed by atoms with Gasteiger partial charge in [-0.15, -0.1) is 0 Å². The first-order valence-electron chi connectivity index (χ1n) is 6.95. The third-order valence-corrected chi connectivity index (χ3v) is 3.58. The van der Waals surface area contributed by atoms with Crippen LogP contribution in [-0.4, -0.2) is 4.98 Å². The summed E-state index contributed by atoms with van der Waals surface area (Å²) in [7, 11) is 0. The Balaban J connectivity index is 1.70. The van der Waals surface area contributed by atoms with E-state index in [1.165, 1.54) is 16.5 Å². The summed E-state index contributed by atoms with van der Waals surface area (Å²) < 4.78 is 0. The molecule has 3 aromatic rings. The van der Waals surface area contributed by atoms with Gasteiger partial charge >= 0.3 is 0 Å². The van der Waals surface area contributed by atoms with Crippen molar-refractivity contribution in [1.29, 1.82) is 0 Å². The van der Waals surface area contributed by atoms with E-state index in [4.69, 9.17) is 0 Å². The topological polar surface area (TPSA) is 24.9 Å². The van der Waals surface area contributed by atoms with Gasteiger partial charge in [0.2, 0.25) is 0 Å². The van der Waals surface area contributed by atoms with Crippen molar-refractivity contribution >= 4 is 10.9 Å². The highest BCUT2D eigenvalue weighted by molar-refractivity contribution is 5.78. The Bertz CT molecular complexity index is 692. The Labute approximate surface area is 119 Å². The predicted octanol–water partition coefficient (Wildman–Crippen LogP) is 4.09. The van der Waals surface area contributed by atoms with Crippen molar-refractivity contribution in [2.24, 2.45) is 0 Å². The van der Waals surface area contributed by atoms with Gasteiger partial charge in [-0.3, -0.25) is 4.98 Å². The monoisotopic (exact) mass is 262 g/mol. The summed E-state index contributed by atoms with van der Waals surface area (Å²) in [6.07, 6.45) is 1.83. The van der Waals surface area contributed by atoms with Crippen molar-refractivity contribution in [2.45, 2.75) is 19.5 Å². The lowest BCUT2D eigenvalue weighted by Crippen LogP contribution is -2.17. The molecule has 0 amide bonds. The maximum absolute atomic E-state index is 4.34. The minimum absolute atomic E-state index is 0.348. The van der Waals surface area contributed by atoms with Gasteiger partial charge in [-0.2, -0.15) is 0 Å². The van der Waals surface area contributed by atoms with E-state index in [1.807, 2.05) is 18.3 Å². The van der Waals surface area contributed by atoms with Crippen molar-refractivity contribution in [1.82, 2.24) is 10.3 Å². The van der Waals surface area contributed by atoms with Crippen molar-refractivity contribution in [3.05, 3.63) is 78.0 Å². The Hall–Kier alpha value is -2.19. The summed E-state index contributed by atoms with van der Waals surface area (Å²) in [6, 6.07) is 21.4. The highest BCUT2D eigenvalue weighted by Crippen LogP contribution is 2.15. The molecule has 0 bridgehead atoms. The van der Waals surface area contributed by atoms with Gasteiger partial charge < -0.3 is 5.32 Å². The lowest BCUT2D eigenvalue weighted by Gasteiger charge is -2.14. The Kier molecular flexibility index (Phi) is 3.75. The van der Waals surface area contributed by atoms with Crippen molar-refractivity contribution in [3.63, 3.8) is 0 Å². The first-order chi connectivity index (χ1) is 9.83. The van der Waals surface area contributed by atoms with E-state index >= 15 is 0 Å². The Morgan fingerprint density at radius 2 is 1.85 bits per heavy atom. The summed E-state index contributed by atoms with van der Waals surface area (Å²) in [5.41, 5.74) is 3.65. The van der Waals surface area contributed by atoms with Crippen molar-refractivity contribution in [3.8, 4) is 0 Å². The van der Waals surface area contributed by atoms with Crippen LogP contribution in [0.2, 0.25) is 0 Å². The summed E-state index contributed by atoms with van der Waals surface area (Å²) in [6.45, 7) is 3.05. The molecule has 20 heavy (non-hydrogen) atoms. The average Bonchev–Trinajstić information content (AvgIpc) is 2.53. The van der Waals surface area contributed by atoms with E-state index in [2.05, 4.69) is 65.8 Å². The third kappa shape index (κ3) is 2.86. The molecule has 0 saturated carbocycles. The molecule has 3 rings (SSSR count). The normalized spacial score (nSPS) is 12.4. The van der Waals surface area contributed by atoms with Crippen LogP contribution in [0.1, 0.15) is 24.1 Å². The lowest BCUT2D eigenvalue weighted by atomic mass is 10.1. The van der Waals surface area contributed by atoms with Gasteiger partial charge in [0.15, 0.2) is 0 Å². The highest BCUT2D eigenvalue weighted by Gasteiger charge is 2.04. The highest BCUT2D eigenvalue weighted by atomic mass is 14.9. The molecule has 0 aliphatic rings. The standard InChI is InChI=1S/C18H18N2/c1-14(16-6-3-2-4-7-16)20-13-15-9-10-18-17(12-15)8-5-11-19-18/h2-12,14,20H,13H2,1H3/t14-/m0/s1. The molecule has 1 heterocycles. The SMILES string of the molecule is C[C@H](NCc1ccc2ncccc2c1)c1ccccc1. The number of hydrogen-bond donors (Lipinski definition) is 1. The van der Waals surface area contributed by atoms with Gasteiger partial charge in [0, 0.05) is 24.2 Å². The lowest BCUT2D eigenvalue weighted by molar-refractivity contribution is 0.575. The molecule has 0 saturated heterocycles. The molecule has 2 aromatic carbocycles. The second-order valence-electron chi connectivity index (χ2n) is 5.04. The number of benzene rings is 2. The number of fused-ring (bicyclic) bond motifs is 1. The average molecular weight is 262 g/mol. The summed E-state index contributed by atoms with van der Waals surface area (Å²) in [4.78, 5) is 4.34. The van der Waals surface area contributed by atoms with Gasteiger partial charge in [-0.1, -0.05) is 42.5 Å². The molecule has 1 atom stereocenters. The van der Waals surface area contributed by atoms with Gasteiger partial charge in [0.05, 0.1) is 5.52 Å². The fourth-order valence-corrected chi connectivity index (χ4v) is 2.37. The number of pyridine rings is 1. The number of rotatable bonds is 4. The van der Waals surface area contributed by atoms with E-state index < -0.39 is 0 Å². The van der Waals surface area contributed by atoms with Gasteiger partial charge in [0.25, 0.3) is 0 Å². The largest absolute Gasteiger partial charge is 0.306 e. The third-order valence-electron chi connectivity index (χ3n) is 3.58. The first-order valence-corrected chi connectivity index (χ1v) is 6.95. The molecule has 0 radical (unpaired) electrons. The molecular formula is C18H18N2. The predicted molar refractivity (Wildman–Crippen MR) is 83.4 cm³/mol. The zero-order valence-electron chi connectivity index (χ0n) is 11.6. The smallest absolute Gasteiger partial charge is 0.0702 e. The Morgan fingerprint density at radius 3 is 2.70 bits per heavy atom. The fraction of sp³-hybridized carbons (Fsp3) is 0.167. The van der Waals surface area contributed by atoms with E-state index in [1.54, 1.807) is 0 Å². The molecule has 0 aliphatic heterocycles. The van der Waals surface area contributed by atoms with Gasteiger partial charge in [-0.05, 0) is 36.2 Å². The molecule has 1 aromatic heterocycles. The van der Waals surface area contributed by atoms with Crippen LogP contribution in [0.25, 0.3) is 10.9 Å². The van der Waals surface area contributed by atoms with Crippen LogP contribution in [-0.2, 0) is 6.54 Å². The number of nitrogens with one attached hydrogen (secondary N) is 1. The minimum atomic E-state index is 0.348. The van der Waals surface area contributed by atoms with Gasteiger partial charge in [0.1, 0.15) is 0 Å². The second-order valence-corrected chi connectivity index (χ2v) is 5.04. The van der Waals surface area contributed by atoms with E-state index in [9.17, 15) is 0 Å². The maximum Gasteiger partial charge on any atom is 0.0702 e. The molecule has 100 valence electrons. The summed E-state index contributed by atoms with van der Waals surface area (Å²) in [5.74, 6) is 0. The van der Waals surface area contributed by atoms with Crippen LogP contribution in [0.4, 0.5) is 0 Å². The van der Waals surface area contributed by atoms with E-state index in [0.717, 1.165) is 12.1 Å². The second kappa shape index (κ2) is 5.85. The van der Waals surface area contributed by atoms with Crippen LogP contribution < -0.4 is 5.32 Å². The van der Waals surface area contributed by atoms with E-state index in [-0.39, 0.29) is 0 Å². The molecule has 0 aliphatic carbocycles. The maximum atomic E-state index is 4.34. The minimum Gasteiger partial charge on any atom is -0.306 e. The molecular weight excluding hydrogens is 244 g/mol. The fourth-order valence-electron chi connectivity index (χ4n) is 2.37. The van der Waals surface area contributed by atoms with Crippen molar-refractivity contribution < 1.29 is 0 Å². The van der Waals surface area contributed by atoms with Crippen LogP contribution >= 0.6 is 0 Å². The van der Waals surface area contributed by atoms with Crippen LogP contribution in [0.5, 0.6) is 0 Å². The number of hydrogen-bond acceptors (Lipinski definition) is 2. The molecule has 2 heteroatoms. The van der Waals surface area contributed by atoms with Crippen LogP contribution in [0.3, 0.4) is 0 Å². The molecule has 2 nitrogen and oxygen atoms in total. The van der Waals surface area contributed by atoms with Gasteiger partial charge in [-0.25, -0.2) is 0 Å². The van der Waals surface area contributed by atoms with Crippen LogP contribution in [0, 0.1) is 0 Å². The summed E-state index contributed by atoms with van der Waals surface area (Å²) in [5, 5.41) is 4.75. The Morgan fingerprint density at radius 1 is 1.00 bits per heavy atom. The van der Waals surface area contributed by atoms with Crippen LogP contribution in [0.15, 0.2) is 66.9 Å². The number of nitrogens with zero attached hydrogens (tertiary/aromatic N) is 1. The first kappa shape index (κ1) is 12.8. The summed E-state index contributed by atoms with van der Waals surface area (Å²) >= 11 is 0. The van der Waals surface area contributed by atoms with Crippen molar-refractivity contribution in [2.75, 3.05) is 0 Å². The number of aromatic nitrogens is 1. The molecule has 0 spiro atoms. The molecule has 0 unspecified atom stereocenters.